The smallest absolute Gasteiger partial charge is 0.311 e. The monoisotopic (exact) mass is 277 g/mol. The average molecular weight is 277 g/mol. The van der Waals surface area contributed by atoms with Crippen LogP contribution >= 0.6 is 0 Å². The summed E-state index contributed by atoms with van der Waals surface area (Å²) in [6.45, 7) is 0.852. The second kappa shape index (κ2) is 7.41. The van der Waals surface area contributed by atoms with Crippen LogP contribution in [0.2, 0.25) is 0 Å². The fourth-order valence-electron chi connectivity index (χ4n) is 2.85. The largest absolute Gasteiger partial charge is 0.469 e. The van der Waals surface area contributed by atoms with Crippen LogP contribution in [0.4, 0.5) is 0 Å². The van der Waals surface area contributed by atoms with Crippen LogP contribution < -0.4 is 5.32 Å². The van der Waals surface area contributed by atoms with Gasteiger partial charge in [0.1, 0.15) is 0 Å². The van der Waals surface area contributed by atoms with Crippen LogP contribution in [0.3, 0.4) is 0 Å². The van der Waals surface area contributed by atoms with Gasteiger partial charge in [-0.25, -0.2) is 0 Å². The van der Waals surface area contributed by atoms with Crippen molar-refractivity contribution in [1.29, 1.82) is 0 Å². The molecule has 110 valence electrons. The van der Waals surface area contributed by atoms with Gasteiger partial charge < -0.3 is 14.8 Å². The Hall–Kier alpha value is -1.39. The number of carbonyl (C=O) groups excluding carboxylic acids is 1. The number of nitrogens with one attached hydrogen (secondary N) is 1. The summed E-state index contributed by atoms with van der Waals surface area (Å²) in [6.07, 6.45) is 2.59. The molecule has 0 spiro atoms. The maximum Gasteiger partial charge on any atom is 0.311 e. The molecule has 0 heterocycles. The van der Waals surface area contributed by atoms with Gasteiger partial charge in [-0.05, 0) is 24.8 Å². The zero-order chi connectivity index (χ0) is 14.4. The second-order valence-electron chi connectivity index (χ2n) is 5.28. The molecule has 1 saturated carbocycles. The van der Waals surface area contributed by atoms with Crippen molar-refractivity contribution in [2.75, 3.05) is 14.2 Å². The standard InChI is InChI=1S/C16H23NO3/c1-19-15-10-13(8-9-14(15)16(18)20-2)17-11-12-6-4-3-5-7-12/h3-7,13-15,17H,8-11H2,1-2H3/t13-,14-,15+/m1/s1. The molecule has 0 saturated heterocycles. The van der Waals surface area contributed by atoms with Crippen LogP contribution in [0.15, 0.2) is 30.3 Å². The Labute approximate surface area is 120 Å². The fourth-order valence-corrected chi connectivity index (χ4v) is 2.85. The van der Waals surface area contributed by atoms with Gasteiger partial charge in [0.05, 0.1) is 19.1 Å². The van der Waals surface area contributed by atoms with E-state index in [1.807, 2.05) is 18.2 Å². The topological polar surface area (TPSA) is 47.6 Å². The molecule has 1 aromatic rings. The molecular weight excluding hydrogens is 254 g/mol. The number of hydrogen-bond donors (Lipinski definition) is 1. The molecule has 4 heteroatoms. The highest BCUT2D eigenvalue weighted by Gasteiger charge is 2.35. The predicted molar refractivity (Wildman–Crippen MR) is 77.2 cm³/mol. The Kier molecular flexibility index (Phi) is 5.56. The van der Waals surface area contributed by atoms with E-state index in [1.165, 1.54) is 12.7 Å². The quantitative estimate of drug-likeness (QED) is 0.838. The van der Waals surface area contributed by atoms with Crippen LogP contribution in [-0.4, -0.2) is 32.3 Å². The minimum Gasteiger partial charge on any atom is -0.469 e. The normalized spacial score (nSPS) is 26.2. The minimum atomic E-state index is -0.154. The zero-order valence-corrected chi connectivity index (χ0v) is 12.2. The summed E-state index contributed by atoms with van der Waals surface area (Å²) in [7, 11) is 3.11. The van der Waals surface area contributed by atoms with Crippen molar-refractivity contribution in [3.8, 4) is 0 Å². The maximum absolute atomic E-state index is 11.7. The van der Waals surface area contributed by atoms with E-state index >= 15 is 0 Å². The number of hydrogen-bond acceptors (Lipinski definition) is 4. The van der Waals surface area contributed by atoms with Gasteiger partial charge in [0.15, 0.2) is 0 Å². The summed E-state index contributed by atoms with van der Waals surface area (Å²) in [4.78, 5) is 11.7. The molecule has 4 nitrogen and oxygen atoms in total. The third kappa shape index (κ3) is 3.81. The molecular formula is C16H23NO3. The molecule has 0 aliphatic heterocycles. The van der Waals surface area contributed by atoms with Gasteiger partial charge in [-0.2, -0.15) is 0 Å². The summed E-state index contributed by atoms with van der Waals surface area (Å²) >= 11 is 0. The summed E-state index contributed by atoms with van der Waals surface area (Å²) < 4.78 is 10.3. The summed E-state index contributed by atoms with van der Waals surface area (Å²) in [5.41, 5.74) is 1.27. The first-order valence-electron chi connectivity index (χ1n) is 7.12. The SMILES string of the molecule is COC(=O)[C@@H]1CC[C@@H](NCc2ccccc2)C[C@@H]1OC. The van der Waals surface area contributed by atoms with Gasteiger partial charge in [0, 0.05) is 19.7 Å². The number of methoxy groups -OCH3 is 2. The van der Waals surface area contributed by atoms with Crippen molar-refractivity contribution in [2.45, 2.75) is 38.0 Å². The maximum atomic E-state index is 11.7. The fraction of sp³-hybridized carbons (Fsp3) is 0.562. The molecule has 1 aromatic carbocycles. The van der Waals surface area contributed by atoms with E-state index in [0.29, 0.717) is 6.04 Å². The molecule has 2 rings (SSSR count). The van der Waals surface area contributed by atoms with Crippen LogP contribution in [0.5, 0.6) is 0 Å². The minimum absolute atomic E-state index is 0.0514. The summed E-state index contributed by atoms with van der Waals surface area (Å²) in [5, 5.41) is 3.55. The molecule has 0 aromatic heterocycles. The van der Waals surface area contributed by atoms with Gasteiger partial charge in [0.2, 0.25) is 0 Å². The average Bonchev–Trinajstić information content (AvgIpc) is 2.52. The Balaban J connectivity index is 1.85. The number of benzene rings is 1. The number of rotatable bonds is 5. The van der Waals surface area contributed by atoms with E-state index in [-0.39, 0.29) is 18.0 Å². The molecule has 0 bridgehead atoms. The van der Waals surface area contributed by atoms with E-state index < -0.39 is 0 Å². The highest BCUT2D eigenvalue weighted by molar-refractivity contribution is 5.73. The molecule has 1 fully saturated rings. The van der Waals surface area contributed by atoms with Crippen molar-refractivity contribution in [3.63, 3.8) is 0 Å². The molecule has 3 atom stereocenters. The van der Waals surface area contributed by atoms with Gasteiger partial charge >= 0.3 is 5.97 Å². The highest BCUT2D eigenvalue weighted by Crippen LogP contribution is 2.28. The lowest BCUT2D eigenvalue weighted by Crippen LogP contribution is -2.43. The second-order valence-corrected chi connectivity index (χ2v) is 5.28. The van der Waals surface area contributed by atoms with Gasteiger partial charge in [0.25, 0.3) is 0 Å². The molecule has 20 heavy (non-hydrogen) atoms. The van der Waals surface area contributed by atoms with E-state index in [2.05, 4.69) is 17.4 Å². The van der Waals surface area contributed by atoms with E-state index in [1.54, 1.807) is 7.11 Å². The van der Waals surface area contributed by atoms with Crippen molar-refractivity contribution in [1.82, 2.24) is 5.32 Å². The Morgan fingerprint density at radius 1 is 1.25 bits per heavy atom. The summed E-state index contributed by atoms with van der Waals surface area (Å²) in [5.74, 6) is -0.280. The van der Waals surface area contributed by atoms with Gasteiger partial charge in [-0.1, -0.05) is 30.3 Å². The Morgan fingerprint density at radius 3 is 2.65 bits per heavy atom. The van der Waals surface area contributed by atoms with E-state index in [9.17, 15) is 4.79 Å². The third-order valence-corrected chi connectivity index (χ3v) is 4.04. The van der Waals surface area contributed by atoms with Crippen molar-refractivity contribution in [3.05, 3.63) is 35.9 Å². The first-order chi connectivity index (χ1) is 9.74. The van der Waals surface area contributed by atoms with Crippen LogP contribution in [0.25, 0.3) is 0 Å². The molecule has 0 amide bonds. The van der Waals surface area contributed by atoms with Crippen molar-refractivity contribution in [2.24, 2.45) is 5.92 Å². The first kappa shape index (κ1) is 15.0. The van der Waals surface area contributed by atoms with Crippen molar-refractivity contribution < 1.29 is 14.3 Å². The first-order valence-corrected chi connectivity index (χ1v) is 7.12. The number of ether oxygens (including phenoxy) is 2. The highest BCUT2D eigenvalue weighted by atomic mass is 16.5. The van der Waals surface area contributed by atoms with E-state index in [4.69, 9.17) is 9.47 Å². The van der Waals surface area contributed by atoms with Gasteiger partial charge in [-0.3, -0.25) is 4.79 Å². The van der Waals surface area contributed by atoms with Crippen LogP contribution in [0, 0.1) is 5.92 Å². The molecule has 0 unspecified atom stereocenters. The van der Waals surface area contributed by atoms with Gasteiger partial charge in [-0.15, -0.1) is 0 Å². The Bertz CT molecular complexity index is 421. The molecule has 1 aliphatic rings. The summed E-state index contributed by atoms with van der Waals surface area (Å²) in [6, 6.07) is 10.7. The zero-order valence-electron chi connectivity index (χ0n) is 12.2. The molecule has 1 aliphatic carbocycles. The van der Waals surface area contributed by atoms with E-state index in [0.717, 1.165) is 25.8 Å². The number of carbonyl (C=O) groups is 1. The van der Waals surface area contributed by atoms with Crippen molar-refractivity contribution >= 4 is 5.97 Å². The third-order valence-electron chi connectivity index (χ3n) is 4.04. The lowest BCUT2D eigenvalue weighted by molar-refractivity contribution is -0.152. The molecule has 0 radical (unpaired) electrons. The lowest BCUT2D eigenvalue weighted by Gasteiger charge is -2.34. The predicted octanol–water partition coefficient (Wildman–Crippen LogP) is 2.13. The van der Waals surface area contributed by atoms with Crippen LogP contribution in [0.1, 0.15) is 24.8 Å². The molecule has 1 N–H and O–H groups in total. The van der Waals surface area contributed by atoms with Crippen LogP contribution in [-0.2, 0) is 20.8 Å². The Morgan fingerprint density at radius 2 is 2.00 bits per heavy atom. The number of esters is 1. The lowest BCUT2D eigenvalue weighted by atomic mass is 9.83.